The second-order valence-corrected chi connectivity index (χ2v) is 7.70. The molecule has 1 aromatic heterocycles. The lowest BCUT2D eigenvalue weighted by Gasteiger charge is -2.38. The summed E-state index contributed by atoms with van der Waals surface area (Å²) in [4.78, 5) is 39.9. The van der Waals surface area contributed by atoms with Crippen LogP contribution in [0, 0.1) is 5.92 Å². The molecular weight excluding hydrogens is 378 g/mol. The predicted molar refractivity (Wildman–Crippen MR) is 116 cm³/mol. The third kappa shape index (κ3) is 4.84. The van der Waals surface area contributed by atoms with Gasteiger partial charge in [0.1, 0.15) is 0 Å². The molecule has 3 heterocycles. The third-order valence-corrected chi connectivity index (χ3v) is 5.80. The van der Waals surface area contributed by atoms with E-state index in [1.165, 1.54) is 0 Å². The van der Waals surface area contributed by atoms with Crippen LogP contribution in [0.4, 0.5) is 5.95 Å². The summed E-state index contributed by atoms with van der Waals surface area (Å²) < 4.78 is 0. The molecule has 0 radical (unpaired) electrons. The van der Waals surface area contributed by atoms with E-state index in [-0.39, 0.29) is 17.7 Å². The minimum Gasteiger partial charge on any atom is -0.339 e. The molecule has 2 amide bonds. The van der Waals surface area contributed by atoms with Gasteiger partial charge in [0, 0.05) is 63.7 Å². The molecule has 7 nitrogen and oxygen atoms in total. The predicted octanol–water partition coefficient (Wildman–Crippen LogP) is 2.08. The van der Waals surface area contributed by atoms with E-state index in [0.29, 0.717) is 26.2 Å². The van der Waals surface area contributed by atoms with Crippen LogP contribution >= 0.6 is 0 Å². The average molecular weight is 406 g/mol. The number of carbonyl (C=O) groups excluding carboxylic acids is 2. The minimum atomic E-state index is 0.00618. The van der Waals surface area contributed by atoms with Crippen molar-refractivity contribution in [3.8, 4) is 0 Å². The number of piperazine rings is 1. The highest BCUT2D eigenvalue weighted by Crippen LogP contribution is 2.21. The van der Waals surface area contributed by atoms with Crippen LogP contribution in [0.5, 0.6) is 0 Å². The molecule has 2 aliphatic heterocycles. The van der Waals surface area contributed by atoms with E-state index < -0.39 is 0 Å². The Bertz CT molecular complexity index is 871. The maximum absolute atomic E-state index is 12.9. The van der Waals surface area contributed by atoms with Gasteiger partial charge in [-0.25, -0.2) is 9.97 Å². The topological polar surface area (TPSA) is 69.6 Å². The van der Waals surface area contributed by atoms with Crippen LogP contribution in [0.25, 0.3) is 6.08 Å². The first-order valence-electron chi connectivity index (χ1n) is 10.5. The number of amides is 2. The molecular formula is C23H27N5O2. The van der Waals surface area contributed by atoms with Gasteiger partial charge in [0.05, 0.1) is 0 Å². The van der Waals surface area contributed by atoms with Gasteiger partial charge in [0.15, 0.2) is 0 Å². The Balaban J connectivity index is 1.24. The van der Waals surface area contributed by atoms with Crippen LogP contribution in [0.15, 0.2) is 54.9 Å². The maximum Gasteiger partial charge on any atom is 0.246 e. The monoisotopic (exact) mass is 405 g/mol. The van der Waals surface area contributed by atoms with Crippen LogP contribution in [-0.2, 0) is 9.59 Å². The van der Waals surface area contributed by atoms with E-state index in [0.717, 1.165) is 37.4 Å². The molecule has 4 rings (SSSR count). The number of hydrogen-bond acceptors (Lipinski definition) is 5. The fraction of sp³-hybridized carbons (Fsp3) is 0.391. The molecule has 30 heavy (non-hydrogen) atoms. The Morgan fingerprint density at radius 1 is 0.833 bits per heavy atom. The molecule has 2 aliphatic rings. The number of aromatic nitrogens is 2. The number of nitrogens with zero attached hydrogens (tertiary/aromatic N) is 5. The zero-order valence-electron chi connectivity index (χ0n) is 17.1. The second-order valence-electron chi connectivity index (χ2n) is 7.70. The van der Waals surface area contributed by atoms with E-state index in [2.05, 4.69) is 14.9 Å². The Morgan fingerprint density at radius 2 is 1.50 bits per heavy atom. The molecule has 0 bridgehead atoms. The fourth-order valence-corrected chi connectivity index (χ4v) is 4.02. The van der Waals surface area contributed by atoms with Gasteiger partial charge in [-0.3, -0.25) is 9.59 Å². The lowest BCUT2D eigenvalue weighted by atomic mass is 9.95. The van der Waals surface area contributed by atoms with E-state index >= 15 is 0 Å². The van der Waals surface area contributed by atoms with E-state index in [1.807, 2.05) is 46.2 Å². The summed E-state index contributed by atoms with van der Waals surface area (Å²) in [6.07, 6.45) is 8.41. The van der Waals surface area contributed by atoms with Crippen molar-refractivity contribution in [3.05, 3.63) is 60.4 Å². The van der Waals surface area contributed by atoms with Crippen molar-refractivity contribution in [1.82, 2.24) is 19.8 Å². The first-order chi connectivity index (χ1) is 14.7. The third-order valence-electron chi connectivity index (χ3n) is 5.80. The molecule has 2 saturated heterocycles. The van der Waals surface area contributed by atoms with Gasteiger partial charge in [0.25, 0.3) is 0 Å². The van der Waals surface area contributed by atoms with Crippen LogP contribution < -0.4 is 4.90 Å². The van der Waals surface area contributed by atoms with Crippen molar-refractivity contribution >= 4 is 23.8 Å². The van der Waals surface area contributed by atoms with Gasteiger partial charge in [-0.1, -0.05) is 30.3 Å². The number of rotatable bonds is 4. The quantitative estimate of drug-likeness (QED) is 0.729. The van der Waals surface area contributed by atoms with Gasteiger partial charge in [-0.15, -0.1) is 0 Å². The fourth-order valence-electron chi connectivity index (χ4n) is 4.02. The highest BCUT2D eigenvalue weighted by atomic mass is 16.2. The standard InChI is InChI=1S/C23H27N5O2/c29-21(8-7-19-5-2-1-3-6-19)26-13-9-20(10-14-26)22(30)27-15-17-28(18-16-27)23-24-11-4-12-25-23/h1-8,11-12,20H,9-10,13-18H2/b8-7+. The minimum absolute atomic E-state index is 0.00618. The number of piperidine rings is 1. The highest BCUT2D eigenvalue weighted by Gasteiger charge is 2.31. The van der Waals surface area contributed by atoms with Crippen LogP contribution in [-0.4, -0.2) is 70.9 Å². The summed E-state index contributed by atoms with van der Waals surface area (Å²) in [6.45, 7) is 4.14. The summed E-state index contributed by atoms with van der Waals surface area (Å²) in [5.41, 5.74) is 1.01. The van der Waals surface area contributed by atoms with Gasteiger partial charge in [-0.05, 0) is 30.5 Å². The van der Waals surface area contributed by atoms with E-state index in [9.17, 15) is 9.59 Å². The Hall–Kier alpha value is -3.22. The summed E-state index contributed by atoms with van der Waals surface area (Å²) >= 11 is 0. The lowest BCUT2D eigenvalue weighted by Crippen LogP contribution is -2.52. The zero-order chi connectivity index (χ0) is 20.8. The molecule has 0 N–H and O–H groups in total. The normalized spacial score (nSPS) is 18.1. The zero-order valence-corrected chi connectivity index (χ0v) is 17.1. The average Bonchev–Trinajstić information content (AvgIpc) is 2.83. The largest absolute Gasteiger partial charge is 0.339 e. The van der Waals surface area contributed by atoms with Gasteiger partial charge >= 0.3 is 0 Å². The maximum atomic E-state index is 12.9. The smallest absolute Gasteiger partial charge is 0.246 e. The van der Waals surface area contributed by atoms with Crippen molar-refractivity contribution < 1.29 is 9.59 Å². The van der Waals surface area contributed by atoms with Crippen molar-refractivity contribution in [2.75, 3.05) is 44.2 Å². The molecule has 0 aliphatic carbocycles. The van der Waals surface area contributed by atoms with Gasteiger partial charge in [-0.2, -0.15) is 0 Å². The van der Waals surface area contributed by atoms with Crippen LogP contribution in [0.3, 0.4) is 0 Å². The summed E-state index contributed by atoms with van der Waals surface area (Å²) in [5.74, 6) is 0.962. The summed E-state index contributed by atoms with van der Waals surface area (Å²) in [6, 6.07) is 11.6. The summed E-state index contributed by atoms with van der Waals surface area (Å²) in [7, 11) is 0. The molecule has 2 aromatic rings. The highest BCUT2D eigenvalue weighted by molar-refractivity contribution is 5.92. The Kier molecular flexibility index (Phi) is 6.37. The van der Waals surface area contributed by atoms with Crippen LogP contribution in [0.1, 0.15) is 18.4 Å². The molecule has 1 aromatic carbocycles. The van der Waals surface area contributed by atoms with Gasteiger partial charge in [0.2, 0.25) is 17.8 Å². The van der Waals surface area contributed by atoms with Crippen molar-refractivity contribution in [3.63, 3.8) is 0 Å². The second kappa shape index (κ2) is 9.52. The van der Waals surface area contributed by atoms with E-state index in [1.54, 1.807) is 24.5 Å². The van der Waals surface area contributed by atoms with Crippen molar-refractivity contribution in [2.24, 2.45) is 5.92 Å². The summed E-state index contributed by atoms with van der Waals surface area (Å²) in [5, 5.41) is 0. The molecule has 0 unspecified atom stereocenters. The molecule has 2 fully saturated rings. The molecule has 7 heteroatoms. The SMILES string of the molecule is O=C(/C=C/c1ccccc1)N1CCC(C(=O)N2CCN(c3ncccn3)CC2)CC1. The molecule has 156 valence electrons. The number of benzene rings is 1. The van der Waals surface area contributed by atoms with Crippen molar-refractivity contribution in [2.45, 2.75) is 12.8 Å². The van der Waals surface area contributed by atoms with Crippen LogP contribution in [0.2, 0.25) is 0 Å². The first kappa shape index (κ1) is 20.1. The van der Waals surface area contributed by atoms with E-state index in [4.69, 9.17) is 0 Å². The number of anilines is 1. The molecule has 0 atom stereocenters. The molecule has 0 spiro atoms. The number of likely N-dealkylation sites (tertiary alicyclic amines) is 1. The Labute approximate surface area is 177 Å². The lowest BCUT2D eigenvalue weighted by molar-refractivity contribution is -0.139. The number of carbonyl (C=O) groups is 2. The number of hydrogen-bond donors (Lipinski definition) is 0. The van der Waals surface area contributed by atoms with Gasteiger partial charge < -0.3 is 14.7 Å². The first-order valence-corrected chi connectivity index (χ1v) is 10.5. The van der Waals surface area contributed by atoms with Crippen molar-refractivity contribution in [1.29, 1.82) is 0 Å². The molecule has 0 saturated carbocycles. The Morgan fingerprint density at radius 3 is 2.17 bits per heavy atom.